The zero-order valence-electron chi connectivity index (χ0n) is 8.53. The van der Waals surface area contributed by atoms with Gasteiger partial charge in [0.25, 0.3) is 5.91 Å². The van der Waals surface area contributed by atoms with E-state index in [0.717, 1.165) is 0 Å². The zero-order valence-corrected chi connectivity index (χ0v) is 8.53. The molecule has 76 valence electrons. The van der Waals surface area contributed by atoms with Crippen molar-refractivity contribution < 1.29 is 4.79 Å². The highest BCUT2D eigenvalue weighted by atomic mass is 16.2. The number of hydrogen-bond donors (Lipinski definition) is 2. The van der Waals surface area contributed by atoms with Crippen molar-refractivity contribution in [3.05, 3.63) is 24.3 Å². The number of carbonyl (C=O) groups is 1. The van der Waals surface area contributed by atoms with Crippen LogP contribution in [-0.4, -0.2) is 21.4 Å². The van der Waals surface area contributed by atoms with E-state index in [0.29, 0.717) is 5.56 Å². The van der Waals surface area contributed by atoms with Crippen LogP contribution in [0.1, 0.15) is 31.1 Å². The molecule has 0 saturated carbocycles. The fourth-order valence-electron chi connectivity index (χ4n) is 0.733. The third kappa shape index (κ3) is 3.49. The highest BCUT2D eigenvalue weighted by molar-refractivity contribution is 5.93. The Morgan fingerprint density at radius 3 is 2.36 bits per heavy atom. The summed E-state index contributed by atoms with van der Waals surface area (Å²) in [5.41, 5.74) is 5.71. The summed E-state index contributed by atoms with van der Waals surface area (Å²) < 4.78 is 0. The number of nitrogens with zero attached hydrogens (tertiary/aromatic N) is 2. The van der Waals surface area contributed by atoms with Crippen LogP contribution in [-0.2, 0) is 0 Å². The predicted octanol–water partition coefficient (Wildman–Crippen LogP) is 0.509. The van der Waals surface area contributed by atoms with Crippen molar-refractivity contribution in [1.82, 2.24) is 20.8 Å². The van der Waals surface area contributed by atoms with Crippen molar-refractivity contribution in [2.24, 2.45) is 0 Å². The van der Waals surface area contributed by atoms with Gasteiger partial charge in [0.15, 0.2) is 0 Å². The minimum Gasteiger partial charge on any atom is -0.287 e. The number of amides is 1. The summed E-state index contributed by atoms with van der Waals surface area (Å²) in [5, 5.41) is 0. The van der Waals surface area contributed by atoms with Crippen molar-refractivity contribution in [3.63, 3.8) is 0 Å². The van der Waals surface area contributed by atoms with E-state index in [1.54, 1.807) is 0 Å². The van der Waals surface area contributed by atoms with Crippen LogP contribution in [0, 0.1) is 0 Å². The molecule has 0 saturated heterocycles. The smallest absolute Gasteiger partial charge is 0.268 e. The summed E-state index contributed by atoms with van der Waals surface area (Å²) in [4.78, 5) is 18.9. The summed E-state index contributed by atoms with van der Waals surface area (Å²) in [6, 6.07) is 0. The Labute approximate surface area is 82.9 Å². The van der Waals surface area contributed by atoms with Gasteiger partial charge in [-0.05, 0) is 20.8 Å². The second-order valence-electron chi connectivity index (χ2n) is 3.96. The topological polar surface area (TPSA) is 66.9 Å². The maximum absolute atomic E-state index is 11.4. The molecule has 0 aromatic carbocycles. The van der Waals surface area contributed by atoms with E-state index in [9.17, 15) is 4.79 Å². The Morgan fingerprint density at radius 1 is 1.29 bits per heavy atom. The molecule has 0 fully saturated rings. The van der Waals surface area contributed by atoms with Gasteiger partial charge in [0.1, 0.15) is 6.33 Å². The van der Waals surface area contributed by atoms with Crippen molar-refractivity contribution in [3.8, 4) is 0 Å². The third-order valence-electron chi connectivity index (χ3n) is 1.37. The molecule has 14 heavy (non-hydrogen) atoms. The first kappa shape index (κ1) is 10.6. The fourth-order valence-corrected chi connectivity index (χ4v) is 0.733. The normalized spacial score (nSPS) is 11.1. The Hall–Kier alpha value is -1.49. The molecule has 0 aliphatic rings. The van der Waals surface area contributed by atoms with Gasteiger partial charge in [0, 0.05) is 17.9 Å². The molecule has 0 bridgehead atoms. The zero-order chi connectivity index (χ0) is 10.6. The highest BCUT2D eigenvalue weighted by Crippen LogP contribution is 1.97. The van der Waals surface area contributed by atoms with Crippen LogP contribution in [0.3, 0.4) is 0 Å². The molecule has 0 aliphatic heterocycles. The van der Waals surface area contributed by atoms with E-state index in [4.69, 9.17) is 0 Å². The lowest BCUT2D eigenvalue weighted by Gasteiger charge is -2.20. The molecule has 1 amide bonds. The number of nitrogens with one attached hydrogen (secondary N) is 2. The highest BCUT2D eigenvalue weighted by Gasteiger charge is 2.11. The summed E-state index contributed by atoms with van der Waals surface area (Å²) in [6.45, 7) is 5.86. The van der Waals surface area contributed by atoms with Gasteiger partial charge in [-0.15, -0.1) is 0 Å². The van der Waals surface area contributed by atoms with E-state index >= 15 is 0 Å². The molecule has 0 unspecified atom stereocenters. The molecule has 5 heteroatoms. The van der Waals surface area contributed by atoms with Crippen LogP contribution >= 0.6 is 0 Å². The molecule has 0 atom stereocenters. The first-order valence-corrected chi connectivity index (χ1v) is 4.31. The molecular formula is C9H14N4O. The maximum Gasteiger partial charge on any atom is 0.268 e. The molecule has 1 aromatic heterocycles. The third-order valence-corrected chi connectivity index (χ3v) is 1.37. The standard InChI is InChI=1S/C9H14N4O/c1-9(2,3)13-12-8(14)7-4-10-6-11-5-7/h4-6,13H,1-3H3,(H,12,14). The average Bonchev–Trinajstić information content (AvgIpc) is 2.14. The second-order valence-corrected chi connectivity index (χ2v) is 3.96. The Morgan fingerprint density at radius 2 is 1.86 bits per heavy atom. The summed E-state index contributed by atoms with van der Waals surface area (Å²) >= 11 is 0. The van der Waals surface area contributed by atoms with Crippen LogP contribution in [0.4, 0.5) is 0 Å². The van der Waals surface area contributed by atoms with E-state index < -0.39 is 0 Å². The molecule has 5 nitrogen and oxygen atoms in total. The lowest BCUT2D eigenvalue weighted by Crippen LogP contribution is -2.48. The number of rotatable bonds is 2. The van der Waals surface area contributed by atoms with E-state index in [2.05, 4.69) is 20.8 Å². The van der Waals surface area contributed by atoms with Gasteiger partial charge in [-0.2, -0.15) is 0 Å². The van der Waals surface area contributed by atoms with E-state index in [-0.39, 0.29) is 11.4 Å². The number of hydrogen-bond acceptors (Lipinski definition) is 4. The van der Waals surface area contributed by atoms with Crippen molar-refractivity contribution in [2.75, 3.05) is 0 Å². The van der Waals surface area contributed by atoms with E-state index in [1.165, 1.54) is 18.7 Å². The van der Waals surface area contributed by atoms with Crippen LogP contribution in [0.2, 0.25) is 0 Å². The van der Waals surface area contributed by atoms with Crippen molar-refractivity contribution in [1.29, 1.82) is 0 Å². The van der Waals surface area contributed by atoms with Crippen molar-refractivity contribution in [2.45, 2.75) is 26.3 Å². The second kappa shape index (κ2) is 4.15. The SMILES string of the molecule is CC(C)(C)NNC(=O)c1cncnc1. The van der Waals surface area contributed by atoms with Gasteiger partial charge < -0.3 is 0 Å². The molecule has 1 heterocycles. The van der Waals surface area contributed by atoms with Crippen molar-refractivity contribution >= 4 is 5.91 Å². The predicted molar refractivity (Wildman–Crippen MR) is 52.4 cm³/mol. The Bertz CT molecular complexity index is 304. The van der Waals surface area contributed by atoms with Crippen LogP contribution < -0.4 is 10.9 Å². The van der Waals surface area contributed by atoms with Gasteiger partial charge in [-0.1, -0.05) is 0 Å². The van der Waals surface area contributed by atoms with Gasteiger partial charge in [-0.25, -0.2) is 15.4 Å². The monoisotopic (exact) mass is 194 g/mol. The first-order chi connectivity index (χ1) is 6.49. The largest absolute Gasteiger partial charge is 0.287 e. The summed E-state index contributed by atoms with van der Waals surface area (Å²) in [5.74, 6) is -0.236. The summed E-state index contributed by atoms with van der Waals surface area (Å²) in [6.07, 6.45) is 4.31. The summed E-state index contributed by atoms with van der Waals surface area (Å²) in [7, 11) is 0. The average molecular weight is 194 g/mol. The number of carbonyl (C=O) groups excluding carboxylic acids is 1. The molecule has 1 aromatic rings. The molecule has 1 rings (SSSR count). The van der Waals surface area contributed by atoms with E-state index in [1.807, 2.05) is 20.8 Å². The van der Waals surface area contributed by atoms with Crippen LogP contribution in [0.25, 0.3) is 0 Å². The fraction of sp³-hybridized carbons (Fsp3) is 0.444. The molecule has 0 spiro atoms. The molecule has 0 radical (unpaired) electrons. The van der Waals surface area contributed by atoms with Gasteiger partial charge >= 0.3 is 0 Å². The Kier molecular flexibility index (Phi) is 3.14. The lowest BCUT2D eigenvalue weighted by atomic mass is 10.1. The Balaban J connectivity index is 2.52. The lowest BCUT2D eigenvalue weighted by molar-refractivity contribution is 0.0913. The number of aromatic nitrogens is 2. The number of hydrazine groups is 1. The first-order valence-electron chi connectivity index (χ1n) is 4.31. The van der Waals surface area contributed by atoms with Gasteiger partial charge in [0.2, 0.25) is 0 Å². The molecular weight excluding hydrogens is 180 g/mol. The minimum atomic E-state index is -0.236. The van der Waals surface area contributed by atoms with Gasteiger partial charge in [0.05, 0.1) is 5.56 Å². The molecule has 2 N–H and O–H groups in total. The minimum absolute atomic E-state index is 0.161. The maximum atomic E-state index is 11.4. The quantitative estimate of drug-likeness (QED) is 0.673. The molecule has 0 aliphatic carbocycles. The van der Waals surface area contributed by atoms with Crippen LogP contribution in [0.5, 0.6) is 0 Å². The van der Waals surface area contributed by atoms with Gasteiger partial charge in [-0.3, -0.25) is 10.2 Å². The van der Waals surface area contributed by atoms with Crippen LogP contribution in [0.15, 0.2) is 18.7 Å².